The molecule has 0 spiro atoms. The molecule has 1 atom stereocenters. The van der Waals surface area contributed by atoms with E-state index >= 15 is 0 Å². The third-order valence-corrected chi connectivity index (χ3v) is 3.76. The van der Waals surface area contributed by atoms with Gasteiger partial charge < -0.3 is 20.5 Å². The molecular formula is C20H25F2N3O2. The first-order valence-corrected chi connectivity index (χ1v) is 8.85. The quantitative estimate of drug-likeness (QED) is 0.464. The maximum Gasteiger partial charge on any atom is 0.387 e. The molecule has 0 fully saturated rings. The predicted octanol–water partition coefficient (Wildman–Crippen LogP) is 2.95. The van der Waals surface area contributed by atoms with Crippen molar-refractivity contribution >= 4 is 5.96 Å². The van der Waals surface area contributed by atoms with E-state index in [0.29, 0.717) is 31.0 Å². The average molecular weight is 377 g/mol. The van der Waals surface area contributed by atoms with E-state index in [9.17, 15) is 13.9 Å². The summed E-state index contributed by atoms with van der Waals surface area (Å²) in [6.45, 7) is 0.166. The summed E-state index contributed by atoms with van der Waals surface area (Å²) in [4.78, 5) is 4.39. The van der Waals surface area contributed by atoms with Gasteiger partial charge in [0, 0.05) is 25.1 Å². The summed E-state index contributed by atoms with van der Waals surface area (Å²) >= 11 is 0. The van der Waals surface area contributed by atoms with Gasteiger partial charge in [0.25, 0.3) is 0 Å². The van der Waals surface area contributed by atoms with E-state index in [-0.39, 0.29) is 12.3 Å². The van der Waals surface area contributed by atoms with Crippen molar-refractivity contribution in [2.45, 2.75) is 32.6 Å². The number of nitrogens with zero attached hydrogens (tertiary/aromatic N) is 1. The fourth-order valence-corrected chi connectivity index (χ4v) is 2.52. The van der Waals surface area contributed by atoms with Crippen molar-refractivity contribution in [2.75, 3.05) is 13.1 Å². The Kier molecular flexibility index (Phi) is 8.51. The van der Waals surface area contributed by atoms with E-state index in [2.05, 4.69) is 20.4 Å². The van der Waals surface area contributed by atoms with E-state index in [1.807, 2.05) is 37.3 Å². The standard InChI is InChI=1S/C20H25F2N3O2/c1-2-23-20(25-14-17(26)12-15-8-4-3-5-9-15)24-13-16-10-6-7-11-18(16)27-19(21)22/h3-11,17,19,26H,2,12-14H2,1H3,(H2,23,24,25). The molecule has 1 unspecified atom stereocenters. The topological polar surface area (TPSA) is 65.9 Å². The number of aliphatic imine (C=N–C) groups is 1. The number of rotatable bonds is 9. The maximum absolute atomic E-state index is 12.5. The molecule has 0 bridgehead atoms. The second kappa shape index (κ2) is 11.1. The molecular weight excluding hydrogens is 352 g/mol. The van der Waals surface area contributed by atoms with Crippen LogP contribution in [0.25, 0.3) is 0 Å². The summed E-state index contributed by atoms with van der Waals surface area (Å²) in [5, 5.41) is 16.3. The molecule has 2 aromatic carbocycles. The summed E-state index contributed by atoms with van der Waals surface area (Å²) in [5.74, 6) is 0.604. The number of hydrogen-bond donors (Lipinski definition) is 3. The van der Waals surface area contributed by atoms with Gasteiger partial charge in [0.2, 0.25) is 0 Å². The molecule has 0 amide bonds. The number of benzene rings is 2. The van der Waals surface area contributed by atoms with Crippen LogP contribution in [0.15, 0.2) is 59.6 Å². The number of guanidine groups is 1. The zero-order valence-corrected chi connectivity index (χ0v) is 15.2. The Morgan fingerprint density at radius 1 is 1.07 bits per heavy atom. The average Bonchev–Trinajstić information content (AvgIpc) is 2.65. The molecule has 146 valence electrons. The summed E-state index contributed by atoms with van der Waals surface area (Å²) in [6.07, 6.45) is -0.0519. The summed E-state index contributed by atoms with van der Waals surface area (Å²) in [7, 11) is 0. The lowest BCUT2D eigenvalue weighted by molar-refractivity contribution is -0.0504. The number of halogens is 2. The Hall–Kier alpha value is -2.67. The molecule has 0 saturated carbocycles. The van der Waals surface area contributed by atoms with Crippen LogP contribution < -0.4 is 15.4 Å². The number of aliphatic hydroxyl groups is 1. The van der Waals surface area contributed by atoms with Crippen LogP contribution in [-0.4, -0.2) is 36.9 Å². The van der Waals surface area contributed by atoms with Crippen LogP contribution in [0.1, 0.15) is 18.1 Å². The van der Waals surface area contributed by atoms with Gasteiger partial charge in [-0.1, -0.05) is 48.5 Å². The number of aliphatic hydroxyl groups excluding tert-OH is 1. The lowest BCUT2D eigenvalue weighted by Crippen LogP contribution is -2.41. The highest BCUT2D eigenvalue weighted by Gasteiger charge is 2.10. The van der Waals surface area contributed by atoms with Crippen molar-refractivity contribution in [3.8, 4) is 5.75 Å². The third kappa shape index (κ3) is 7.62. The Morgan fingerprint density at radius 3 is 2.48 bits per heavy atom. The third-order valence-electron chi connectivity index (χ3n) is 3.76. The Bertz CT molecular complexity index is 711. The van der Waals surface area contributed by atoms with Crippen LogP contribution in [0.4, 0.5) is 8.78 Å². The van der Waals surface area contributed by atoms with Crippen molar-refractivity contribution in [2.24, 2.45) is 4.99 Å². The first kappa shape index (κ1) is 20.6. The minimum atomic E-state index is -2.88. The minimum absolute atomic E-state index is 0.108. The SMILES string of the molecule is CCNC(=NCc1ccccc1OC(F)F)NCC(O)Cc1ccccc1. The number of para-hydroxylation sites is 1. The minimum Gasteiger partial charge on any atom is -0.434 e. The summed E-state index contributed by atoms with van der Waals surface area (Å²) < 4.78 is 29.5. The number of nitrogens with one attached hydrogen (secondary N) is 2. The molecule has 27 heavy (non-hydrogen) atoms. The molecule has 0 aliphatic rings. The van der Waals surface area contributed by atoms with Crippen LogP contribution in [-0.2, 0) is 13.0 Å². The van der Waals surface area contributed by atoms with Gasteiger partial charge in [-0.25, -0.2) is 4.99 Å². The lowest BCUT2D eigenvalue weighted by Gasteiger charge is -2.16. The Labute approximate surface area is 158 Å². The highest BCUT2D eigenvalue weighted by molar-refractivity contribution is 5.79. The zero-order chi connectivity index (χ0) is 19.5. The van der Waals surface area contributed by atoms with Crippen LogP contribution >= 0.6 is 0 Å². The molecule has 0 heterocycles. The van der Waals surface area contributed by atoms with Gasteiger partial charge in [0.1, 0.15) is 5.75 Å². The van der Waals surface area contributed by atoms with Crippen molar-refractivity contribution in [1.82, 2.24) is 10.6 Å². The highest BCUT2D eigenvalue weighted by Crippen LogP contribution is 2.20. The van der Waals surface area contributed by atoms with Gasteiger partial charge >= 0.3 is 6.61 Å². The Morgan fingerprint density at radius 2 is 1.78 bits per heavy atom. The number of alkyl halides is 2. The second-order valence-corrected chi connectivity index (χ2v) is 5.91. The van der Waals surface area contributed by atoms with Crippen molar-refractivity contribution < 1.29 is 18.6 Å². The van der Waals surface area contributed by atoms with Gasteiger partial charge in [0.05, 0.1) is 12.6 Å². The lowest BCUT2D eigenvalue weighted by atomic mass is 10.1. The predicted molar refractivity (Wildman–Crippen MR) is 102 cm³/mol. The van der Waals surface area contributed by atoms with Gasteiger partial charge in [-0.15, -0.1) is 0 Å². The van der Waals surface area contributed by atoms with E-state index < -0.39 is 12.7 Å². The van der Waals surface area contributed by atoms with E-state index in [0.717, 1.165) is 5.56 Å². The van der Waals surface area contributed by atoms with Crippen molar-refractivity contribution in [1.29, 1.82) is 0 Å². The summed E-state index contributed by atoms with van der Waals surface area (Å²) in [6, 6.07) is 16.3. The van der Waals surface area contributed by atoms with Crippen LogP contribution in [0.3, 0.4) is 0 Å². The van der Waals surface area contributed by atoms with Gasteiger partial charge in [-0.2, -0.15) is 8.78 Å². The fourth-order valence-electron chi connectivity index (χ4n) is 2.52. The molecule has 0 aliphatic heterocycles. The molecule has 2 rings (SSSR count). The van der Waals surface area contributed by atoms with E-state index in [4.69, 9.17) is 0 Å². The van der Waals surface area contributed by atoms with Gasteiger partial charge in [0.15, 0.2) is 5.96 Å². The van der Waals surface area contributed by atoms with E-state index in [1.54, 1.807) is 18.2 Å². The molecule has 5 nitrogen and oxygen atoms in total. The summed E-state index contributed by atoms with van der Waals surface area (Å²) in [5.41, 5.74) is 1.60. The molecule has 0 radical (unpaired) electrons. The first-order chi connectivity index (χ1) is 13.1. The van der Waals surface area contributed by atoms with Crippen LogP contribution in [0.5, 0.6) is 5.75 Å². The van der Waals surface area contributed by atoms with Gasteiger partial charge in [-0.05, 0) is 18.6 Å². The molecule has 0 aliphatic carbocycles. The molecule has 0 saturated heterocycles. The monoisotopic (exact) mass is 377 g/mol. The number of ether oxygens (including phenoxy) is 1. The highest BCUT2D eigenvalue weighted by atomic mass is 19.3. The van der Waals surface area contributed by atoms with Crippen molar-refractivity contribution in [3.05, 3.63) is 65.7 Å². The molecule has 7 heteroatoms. The maximum atomic E-state index is 12.5. The number of hydrogen-bond acceptors (Lipinski definition) is 3. The van der Waals surface area contributed by atoms with Crippen LogP contribution in [0.2, 0.25) is 0 Å². The Balaban J connectivity index is 1.94. The zero-order valence-electron chi connectivity index (χ0n) is 15.2. The molecule has 2 aromatic rings. The second-order valence-electron chi connectivity index (χ2n) is 5.91. The first-order valence-electron chi connectivity index (χ1n) is 8.85. The van der Waals surface area contributed by atoms with Gasteiger partial charge in [-0.3, -0.25) is 0 Å². The smallest absolute Gasteiger partial charge is 0.387 e. The van der Waals surface area contributed by atoms with E-state index in [1.165, 1.54) is 6.07 Å². The van der Waals surface area contributed by atoms with Crippen molar-refractivity contribution in [3.63, 3.8) is 0 Å². The largest absolute Gasteiger partial charge is 0.434 e. The normalized spacial score (nSPS) is 12.7. The molecule has 0 aromatic heterocycles. The van der Waals surface area contributed by atoms with Crippen LogP contribution in [0, 0.1) is 0 Å². The molecule has 3 N–H and O–H groups in total. The fraction of sp³-hybridized carbons (Fsp3) is 0.350.